The van der Waals surface area contributed by atoms with E-state index < -0.39 is 6.03 Å². The molecular formula is C15H22ClN5O2S2. The van der Waals surface area contributed by atoms with Gasteiger partial charge in [0.15, 0.2) is 5.13 Å². The van der Waals surface area contributed by atoms with E-state index in [-0.39, 0.29) is 18.3 Å². The molecule has 0 bridgehead atoms. The van der Waals surface area contributed by atoms with Gasteiger partial charge in [-0.2, -0.15) is 0 Å². The molecule has 0 aliphatic carbocycles. The van der Waals surface area contributed by atoms with Crippen LogP contribution >= 0.6 is 35.1 Å². The van der Waals surface area contributed by atoms with Crippen LogP contribution in [0.5, 0.6) is 0 Å². The molecule has 25 heavy (non-hydrogen) atoms. The fraction of sp³-hybridized carbons (Fsp3) is 0.400. The molecule has 0 atom stereocenters. The maximum absolute atomic E-state index is 11.0. The summed E-state index contributed by atoms with van der Waals surface area (Å²) in [4.78, 5) is 27.5. The van der Waals surface area contributed by atoms with Crippen LogP contribution in [0.15, 0.2) is 16.8 Å². The molecule has 3 amide bonds. The van der Waals surface area contributed by atoms with E-state index in [1.807, 2.05) is 5.38 Å². The molecule has 7 nitrogen and oxygen atoms in total. The van der Waals surface area contributed by atoms with Crippen molar-refractivity contribution in [2.24, 2.45) is 11.6 Å². The topological polar surface area (TPSA) is 114 Å². The van der Waals surface area contributed by atoms with E-state index in [4.69, 9.17) is 11.6 Å². The van der Waals surface area contributed by atoms with E-state index in [1.54, 1.807) is 11.3 Å². The van der Waals surface area contributed by atoms with Gasteiger partial charge in [-0.25, -0.2) is 15.6 Å². The van der Waals surface area contributed by atoms with Gasteiger partial charge in [-0.3, -0.25) is 9.80 Å². The SMILES string of the molecule is CC(=O)Nc1nc(CCc2cc(CCCN(N)C(N)=O)cs2)cs1.Cl. The molecule has 0 fully saturated rings. The second kappa shape index (κ2) is 10.3. The smallest absolute Gasteiger partial charge is 0.328 e. The lowest BCUT2D eigenvalue weighted by molar-refractivity contribution is -0.114. The van der Waals surface area contributed by atoms with Gasteiger partial charge in [0.05, 0.1) is 5.69 Å². The largest absolute Gasteiger partial charge is 0.350 e. The van der Waals surface area contributed by atoms with Gasteiger partial charge in [0.2, 0.25) is 5.91 Å². The van der Waals surface area contributed by atoms with Gasteiger partial charge < -0.3 is 11.1 Å². The summed E-state index contributed by atoms with van der Waals surface area (Å²) in [6.07, 6.45) is 3.40. The zero-order valence-corrected chi connectivity index (χ0v) is 16.3. The molecule has 0 aliphatic heterocycles. The second-order valence-corrected chi connectivity index (χ2v) is 7.24. The molecule has 2 aromatic rings. The van der Waals surface area contributed by atoms with Crippen LogP contribution in [-0.2, 0) is 24.1 Å². The van der Waals surface area contributed by atoms with Crippen molar-refractivity contribution in [3.8, 4) is 0 Å². The van der Waals surface area contributed by atoms with E-state index in [0.29, 0.717) is 11.7 Å². The number of rotatable bonds is 8. The predicted molar refractivity (Wildman–Crippen MR) is 104 cm³/mol. The molecule has 138 valence electrons. The molecule has 2 rings (SSSR count). The molecule has 5 N–H and O–H groups in total. The summed E-state index contributed by atoms with van der Waals surface area (Å²) >= 11 is 3.16. The minimum atomic E-state index is -0.608. The van der Waals surface area contributed by atoms with E-state index in [9.17, 15) is 9.59 Å². The van der Waals surface area contributed by atoms with Crippen LogP contribution in [-0.4, -0.2) is 28.5 Å². The number of hydrazine groups is 1. The summed E-state index contributed by atoms with van der Waals surface area (Å²) in [5.41, 5.74) is 7.30. The third kappa shape index (κ3) is 7.39. The van der Waals surface area contributed by atoms with Crippen LogP contribution < -0.4 is 16.9 Å². The third-order valence-corrected chi connectivity index (χ3v) is 5.17. The average Bonchev–Trinajstić information content (AvgIpc) is 3.13. The van der Waals surface area contributed by atoms with Crippen molar-refractivity contribution in [2.45, 2.75) is 32.6 Å². The first-order valence-electron chi connectivity index (χ1n) is 7.54. The Labute approximate surface area is 160 Å². The number of nitrogens with zero attached hydrogens (tertiary/aromatic N) is 2. The number of carbonyl (C=O) groups excluding carboxylic acids is 2. The number of urea groups is 1. The zero-order chi connectivity index (χ0) is 17.5. The summed E-state index contributed by atoms with van der Waals surface area (Å²) in [6.45, 7) is 1.92. The van der Waals surface area contributed by atoms with E-state index in [0.717, 1.165) is 36.4 Å². The van der Waals surface area contributed by atoms with Gasteiger partial charge in [0, 0.05) is 23.7 Å². The molecule has 0 saturated carbocycles. The number of hydrogen-bond acceptors (Lipinski definition) is 6. The Hall–Kier alpha value is -1.68. The number of thiazole rings is 1. The molecular weight excluding hydrogens is 382 g/mol. The lowest BCUT2D eigenvalue weighted by Crippen LogP contribution is -2.42. The minimum absolute atomic E-state index is 0. The van der Waals surface area contributed by atoms with Crippen LogP contribution in [0.1, 0.15) is 29.5 Å². The summed E-state index contributed by atoms with van der Waals surface area (Å²) in [6, 6.07) is 1.57. The Kier molecular flexibility index (Phi) is 8.84. The number of nitrogens with one attached hydrogen (secondary N) is 1. The van der Waals surface area contributed by atoms with Crippen molar-refractivity contribution in [1.82, 2.24) is 9.99 Å². The first kappa shape index (κ1) is 21.4. The van der Waals surface area contributed by atoms with Crippen molar-refractivity contribution in [2.75, 3.05) is 11.9 Å². The number of amides is 3. The highest BCUT2D eigenvalue weighted by atomic mass is 35.5. The second-order valence-electron chi connectivity index (χ2n) is 5.38. The van der Waals surface area contributed by atoms with Gasteiger partial charge >= 0.3 is 6.03 Å². The van der Waals surface area contributed by atoms with Crippen LogP contribution in [0.2, 0.25) is 0 Å². The van der Waals surface area contributed by atoms with Crippen LogP contribution in [0, 0.1) is 0 Å². The monoisotopic (exact) mass is 403 g/mol. The average molecular weight is 404 g/mol. The maximum Gasteiger partial charge on any atom is 0.328 e. The number of carbonyl (C=O) groups is 2. The van der Waals surface area contributed by atoms with E-state index >= 15 is 0 Å². The number of primary amides is 1. The highest BCUT2D eigenvalue weighted by Gasteiger charge is 2.07. The van der Waals surface area contributed by atoms with Crippen LogP contribution in [0.4, 0.5) is 9.93 Å². The lowest BCUT2D eigenvalue weighted by atomic mass is 10.1. The van der Waals surface area contributed by atoms with Gasteiger partial charge in [0.25, 0.3) is 0 Å². The number of nitrogens with two attached hydrogens (primary N) is 2. The number of aryl methyl sites for hydroxylation is 3. The standard InChI is InChI=1S/C15H21N5O2S2.ClH/c1-10(21)18-15-19-12(9-24-15)4-5-13-7-11(8-23-13)3-2-6-20(17)14(16)22;/h7-9H,2-6,17H2,1H3,(H2,16,22)(H,18,19,21);1H. The fourth-order valence-electron chi connectivity index (χ4n) is 2.13. The molecule has 2 heterocycles. The summed E-state index contributed by atoms with van der Waals surface area (Å²) in [7, 11) is 0. The van der Waals surface area contributed by atoms with Gasteiger partial charge in [0.1, 0.15) is 0 Å². The lowest BCUT2D eigenvalue weighted by Gasteiger charge is -2.12. The first-order valence-corrected chi connectivity index (χ1v) is 9.30. The number of halogens is 1. The zero-order valence-electron chi connectivity index (χ0n) is 13.9. The normalized spacial score (nSPS) is 10.2. The van der Waals surface area contributed by atoms with Gasteiger partial charge in [-0.1, -0.05) is 0 Å². The highest BCUT2D eigenvalue weighted by Crippen LogP contribution is 2.20. The summed E-state index contributed by atoms with van der Waals surface area (Å²) < 4.78 is 0. The Balaban J connectivity index is 0.00000312. The Bertz CT molecular complexity index is 704. The molecule has 0 unspecified atom stereocenters. The summed E-state index contributed by atoms with van der Waals surface area (Å²) in [5, 5.41) is 8.47. The van der Waals surface area contributed by atoms with Crippen LogP contribution in [0.3, 0.4) is 0 Å². The molecule has 0 saturated heterocycles. The predicted octanol–water partition coefficient (Wildman–Crippen LogP) is 2.56. The van der Waals surface area contributed by atoms with Crippen molar-refractivity contribution < 1.29 is 9.59 Å². The van der Waals surface area contributed by atoms with Crippen LogP contribution in [0.25, 0.3) is 0 Å². The molecule has 2 aromatic heterocycles. The minimum Gasteiger partial charge on any atom is -0.350 e. The van der Waals surface area contributed by atoms with E-state index in [1.165, 1.54) is 28.7 Å². The molecule has 0 radical (unpaired) electrons. The maximum atomic E-state index is 11.0. The number of aromatic nitrogens is 1. The Morgan fingerprint density at radius 1 is 1.24 bits per heavy atom. The van der Waals surface area contributed by atoms with Crippen molar-refractivity contribution in [3.05, 3.63) is 33.0 Å². The van der Waals surface area contributed by atoms with E-state index in [2.05, 4.69) is 21.7 Å². The number of anilines is 1. The fourth-order valence-corrected chi connectivity index (χ4v) is 3.85. The number of thiophene rings is 1. The molecule has 0 spiro atoms. The highest BCUT2D eigenvalue weighted by molar-refractivity contribution is 7.14. The Morgan fingerprint density at radius 2 is 2.00 bits per heavy atom. The quantitative estimate of drug-likeness (QED) is 0.357. The van der Waals surface area contributed by atoms with Crippen molar-refractivity contribution in [1.29, 1.82) is 0 Å². The first-order chi connectivity index (χ1) is 11.4. The molecule has 0 aliphatic rings. The van der Waals surface area contributed by atoms with Gasteiger partial charge in [-0.05, 0) is 42.7 Å². The van der Waals surface area contributed by atoms with Gasteiger partial charge in [-0.15, -0.1) is 35.1 Å². The van der Waals surface area contributed by atoms with Crippen molar-refractivity contribution in [3.63, 3.8) is 0 Å². The summed E-state index contributed by atoms with van der Waals surface area (Å²) in [5.74, 6) is 5.35. The third-order valence-electron chi connectivity index (χ3n) is 3.32. The molecule has 0 aromatic carbocycles. The van der Waals surface area contributed by atoms with Crippen molar-refractivity contribution >= 4 is 52.2 Å². The number of hydrogen-bond donors (Lipinski definition) is 3. The Morgan fingerprint density at radius 3 is 2.68 bits per heavy atom. The molecule has 10 heteroatoms.